The summed E-state index contributed by atoms with van der Waals surface area (Å²) in [6, 6.07) is 1.17. The maximum atomic E-state index is 5.55. The normalized spacial score (nSPS) is 21.9. The molecule has 0 amide bonds. The Labute approximate surface area is 99.6 Å². The van der Waals surface area contributed by atoms with Gasteiger partial charge in [-0.2, -0.15) is 0 Å². The highest BCUT2D eigenvalue weighted by atomic mass is 32.1. The van der Waals surface area contributed by atoms with Crippen LogP contribution in [0.4, 0.5) is 0 Å². The summed E-state index contributed by atoms with van der Waals surface area (Å²) >= 11 is 5.55. The van der Waals surface area contributed by atoms with Gasteiger partial charge in [-0.15, -0.1) is 0 Å². The van der Waals surface area contributed by atoms with Crippen LogP contribution >= 0.6 is 12.2 Å². The molecule has 0 unspecified atom stereocenters. The van der Waals surface area contributed by atoms with Gasteiger partial charge in [0.1, 0.15) is 0 Å². The van der Waals surface area contributed by atoms with Crippen molar-refractivity contribution in [3.8, 4) is 0 Å². The fourth-order valence-electron chi connectivity index (χ4n) is 2.24. The van der Waals surface area contributed by atoms with E-state index in [2.05, 4.69) is 37.5 Å². The fraction of sp³-hybridized carbons (Fsp3) is 0.917. The van der Waals surface area contributed by atoms with Crippen LogP contribution in [0.25, 0.3) is 0 Å². The van der Waals surface area contributed by atoms with E-state index in [-0.39, 0.29) is 0 Å². The highest BCUT2D eigenvalue weighted by Crippen LogP contribution is 2.21. The Morgan fingerprint density at radius 3 is 2.47 bits per heavy atom. The molecule has 1 aliphatic rings. The smallest absolute Gasteiger partial charge is 0.172 e. The summed E-state index contributed by atoms with van der Waals surface area (Å²) in [5, 5.41) is 1.07. The van der Waals surface area contributed by atoms with Crippen LogP contribution in [0.2, 0.25) is 0 Å². The Kier molecular flexibility index (Phi) is 4.84. The minimum Gasteiger partial charge on any atom is -0.347 e. The van der Waals surface area contributed by atoms with Gasteiger partial charge in [0.15, 0.2) is 5.11 Å². The molecule has 1 aliphatic heterocycles. The minimum atomic E-state index is 0.536. The second-order valence-electron chi connectivity index (χ2n) is 4.65. The Morgan fingerprint density at radius 2 is 2.07 bits per heavy atom. The zero-order chi connectivity index (χ0) is 11.4. The van der Waals surface area contributed by atoms with Gasteiger partial charge in [-0.1, -0.05) is 20.3 Å². The van der Waals surface area contributed by atoms with Crippen LogP contribution in [0.5, 0.6) is 0 Å². The predicted octanol–water partition coefficient (Wildman–Crippen LogP) is 2.88. The van der Waals surface area contributed by atoms with Gasteiger partial charge in [0, 0.05) is 25.2 Å². The highest BCUT2D eigenvalue weighted by Gasteiger charge is 2.33. The van der Waals surface area contributed by atoms with Gasteiger partial charge >= 0.3 is 0 Å². The van der Waals surface area contributed by atoms with Gasteiger partial charge in [-0.25, -0.2) is 0 Å². The molecule has 0 aromatic carbocycles. The molecule has 1 heterocycles. The molecular formula is C12H24N2S. The first-order valence-corrected chi connectivity index (χ1v) is 6.59. The van der Waals surface area contributed by atoms with Crippen LogP contribution < -0.4 is 0 Å². The molecule has 3 heteroatoms. The SMILES string of the molecule is CCCCN1C[C@@H](CC)N(C(C)C)C1=S. The molecule has 15 heavy (non-hydrogen) atoms. The maximum absolute atomic E-state index is 5.55. The van der Waals surface area contributed by atoms with E-state index in [1.54, 1.807) is 0 Å². The molecule has 1 saturated heterocycles. The third-order valence-electron chi connectivity index (χ3n) is 3.13. The Balaban J connectivity index is 2.62. The van der Waals surface area contributed by atoms with E-state index < -0.39 is 0 Å². The number of nitrogens with zero attached hydrogens (tertiary/aromatic N) is 2. The number of hydrogen-bond donors (Lipinski definition) is 0. The second-order valence-corrected chi connectivity index (χ2v) is 5.01. The van der Waals surface area contributed by atoms with E-state index in [1.165, 1.54) is 19.3 Å². The molecule has 1 atom stereocenters. The average Bonchev–Trinajstić information content (AvgIpc) is 2.52. The standard InChI is InChI=1S/C12H24N2S/c1-5-7-8-13-9-11(6-2)14(10(3)4)12(13)15/h10-11H,5-9H2,1-4H3/t11-/m1/s1. The first kappa shape index (κ1) is 12.8. The van der Waals surface area contributed by atoms with Crippen molar-refractivity contribution in [2.24, 2.45) is 0 Å². The number of hydrogen-bond acceptors (Lipinski definition) is 1. The summed E-state index contributed by atoms with van der Waals surface area (Å²) in [5.74, 6) is 0. The zero-order valence-electron chi connectivity index (χ0n) is 10.5. The summed E-state index contributed by atoms with van der Waals surface area (Å²) in [5.41, 5.74) is 0. The molecule has 0 aromatic rings. The topological polar surface area (TPSA) is 6.48 Å². The van der Waals surface area contributed by atoms with Gasteiger partial charge in [0.05, 0.1) is 0 Å². The Bertz CT molecular complexity index is 216. The molecule has 1 fully saturated rings. The molecule has 0 aliphatic carbocycles. The molecule has 0 N–H and O–H groups in total. The monoisotopic (exact) mass is 228 g/mol. The van der Waals surface area contributed by atoms with E-state index in [0.717, 1.165) is 18.2 Å². The molecule has 0 bridgehead atoms. The number of rotatable bonds is 5. The average molecular weight is 228 g/mol. The number of thiocarbonyl (C=S) groups is 1. The number of unbranched alkanes of at least 4 members (excludes halogenated alkanes) is 1. The molecule has 0 radical (unpaired) electrons. The molecule has 0 aromatic heterocycles. The highest BCUT2D eigenvalue weighted by molar-refractivity contribution is 7.80. The minimum absolute atomic E-state index is 0.536. The van der Waals surface area contributed by atoms with E-state index in [9.17, 15) is 0 Å². The van der Waals surface area contributed by atoms with Gasteiger partial charge in [-0.05, 0) is 38.9 Å². The second kappa shape index (κ2) is 5.69. The molecule has 0 spiro atoms. The van der Waals surface area contributed by atoms with Crippen LogP contribution in [0, 0.1) is 0 Å². The van der Waals surface area contributed by atoms with Crippen molar-refractivity contribution in [3.05, 3.63) is 0 Å². The van der Waals surface area contributed by atoms with Crippen molar-refractivity contribution in [2.45, 2.75) is 59.0 Å². The summed E-state index contributed by atoms with van der Waals surface area (Å²) < 4.78 is 0. The van der Waals surface area contributed by atoms with Gasteiger partial charge in [-0.3, -0.25) is 0 Å². The third kappa shape index (κ3) is 2.83. The summed E-state index contributed by atoms with van der Waals surface area (Å²) in [7, 11) is 0. The summed E-state index contributed by atoms with van der Waals surface area (Å²) in [6.07, 6.45) is 3.70. The van der Waals surface area contributed by atoms with E-state index in [4.69, 9.17) is 12.2 Å². The predicted molar refractivity (Wildman–Crippen MR) is 70.1 cm³/mol. The van der Waals surface area contributed by atoms with Gasteiger partial charge in [0.2, 0.25) is 0 Å². The lowest BCUT2D eigenvalue weighted by Crippen LogP contribution is -2.39. The van der Waals surface area contributed by atoms with E-state index in [1.807, 2.05) is 0 Å². The van der Waals surface area contributed by atoms with Crippen molar-refractivity contribution in [2.75, 3.05) is 13.1 Å². The summed E-state index contributed by atoms with van der Waals surface area (Å²) in [6.45, 7) is 11.2. The Morgan fingerprint density at radius 1 is 1.40 bits per heavy atom. The van der Waals surface area contributed by atoms with Gasteiger partial charge in [0.25, 0.3) is 0 Å². The van der Waals surface area contributed by atoms with Crippen LogP contribution in [0.3, 0.4) is 0 Å². The quantitative estimate of drug-likeness (QED) is 0.668. The fourth-order valence-corrected chi connectivity index (χ4v) is 2.77. The lowest BCUT2D eigenvalue weighted by atomic mass is 10.2. The van der Waals surface area contributed by atoms with E-state index >= 15 is 0 Å². The molecule has 2 nitrogen and oxygen atoms in total. The molecule has 88 valence electrons. The van der Waals surface area contributed by atoms with Crippen molar-refractivity contribution in [1.29, 1.82) is 0 Å². The maximum Gasteiger partial charge on any atom is 0.172 e. The third-order valence-corrected chi connectivity index (χ3v) is 3.59. The van der Waals surface area contributed by atoms with Crippen molar-refractivity contribution >= 4 is 17.3 Å². The van der Waals surface area contributed by atoms with Crippen LogP contribution in [-0.4, -0.2) is 40.1 Å². The molecular weight excluding hydrogens is 204 g/mol. The van der Waals surface area contributed by atoms with Gasteiger partial charge < -0.3 is 9.80 Å². The lowest BCUT2D eigenvalue weighted by Gasteiger charge is -2.28. The van der Waals surface area contributed by atoms with Crippen LogP contribution in [0.15, 0.2) is 0 Å². The first-order valence-electron chi connectivity index (χ1n) is 6.19. The molecule has 1 rings (SSSR count). The van der Waals surface area contributed by atoms with Crippen LogP contribution in [-0.2, 0) is 0 Å². The first-order chi connectivity index (χ1) is 7.11. The van der Waals surface area contributed by atoms with Crippen molar-refractivity contribution in [3.63, 3.8) is 0 Å². The van der Waals surface area contributed by atoms with Crippen molar-refractivity contribution < 1.29 is 0 Å². The summed E-state index contributed by atoms with van der Waals surface area (Å²) in [4.78, 5) is 4.79. The Hall–Kier alpha value is -0.310. The zero-order valence-corrected chi connectivity index (χ0v) is 11.3. The van der Waals surface area contributed by atoms with E-state index in [0.29, 0.717) is 12.1 Å². The van der Waals surface area contributed by atoms with Crippen LogP contribution in [0.1, 0.15) is 47.0 Å². The lowest BCUT2D eigenvalue weighted by molar-refractivity contribution is 0.287. The van der Waals surface area contributed by atoms with Crippen molar-refractivity contribution in [1.82, 2.24) is 9.80 Å². The largest absolute Gasteiger partial charge is 0.347 e. The molecule has 0 saturated carbocycles.